The summed E-state index contributed by atoms with van der Waals surface area (Å²) in [4.78, 5) is 10.7. The Hall–Kier alpha value is -1.71. The van der Waals surface area contributed by atoms with Gasteiger partial charge in [0.15, 0.2) is 11.5 Å². The fraction of sp³-hybridized carbons (Fsp3) is 0.417. The van der Waals surface area contributed by atoms with Gasteiger partial charge in [0, 0.05) is 0 Å². The minimum atomic E-state index is -0.875. The number of phenols is 1. The van der Waals surface area contributed by atoms with E-state index in [9.17, 15) is 9.90 Å². The summed E-state index contributed by atoms with van der Waals surface area (Å²) < 4.78 is 5.01. The highest BCUT2D eigenvalue weighted by molar-refractivity contribution is 5.70. The number of carbonyl (C=O) groups is 1. The van der Waals surface area contributed by atoms with Crippen LogP contribution in [0.3, 0.4) is 0 Å². The van der Waals surface area contributed by atoms with Crippen LogP contribution in [0.4, 0.5) is 0 Å². The van der Waals surface area contributed by atoms with Crippen LogP contribution in [-0.4, -0.2) is 23.3 Å². The van der Waals surface area contributed by atoms with Crippen molar-refractivity contribution in [3.8, 4) is 11.5 Å². The maximum atomic E-state index is 10.7. The molecule has 1 rings (SSSR count). The Morgan fingerprint density at radius 2 is 2.12 bits per heavy atom. The average Bonchev–Trinajstić information content (AvgIpc) is 2.22. The molecule has 0 aliphatic carbocycles. The second-order valence-electron chi connectivity index (χ2n) is 3.92. The summed E-state index contributed by atoms with van der Waals surface area (Å²) in [5.74, 6) is -0.994. The highest BCUT2D eigenvalue weighted by atomic mass is 16.5. The van der Waals surface area contributed by atoms with E-state index in [1.165, 1.54) is 7.11 Å². The largest absolute Gasteiger partial charge is 0.504 e. The van der Waals surface area contributed by atoms with Crippen LogP contribution in [0, 0.1) is 12.8 Å². The summed E-state index contributed by atoms with van der Waals surface area (Å²) in [6, 6.07) is 3.49. The molecule has 2 N–H and O–H groups in total. The van der Waals surface area contributed by atoms with Gasteiger partial charge in [-0.3, -0.25) is 4.79 Å². The summed E-state index contributed by atoms with van der Waals surface area (Å²) in [6.07, 6.45) is 0.291. The predicted molar refractivity (Wildman–Crippen MR) is 59.9 cm³/mol. The zero-order valence-electron chi connectivity index (χ0n) is 9.65. The molecule has 0 aliphatic rings. The Labute approximate surface area is 94.5 Å². The quantitative estimate of drug-likeness (QED) is 0.820. The minimum Gasteiger partial charge on any atom is -0.504 e. The van der Waals surface area contributed by atoms with Crippen LogP contribution < -0.4 is 4.74 Å². The Morgan fingerprint density at radius 3 is 2.62 bits per heavy atom. The topological polar surface area (TPSA) is 66.8 Å². The minimum absolute atomic E-state index is 0.0289. The maximum Gasteiger partial charge on any atom is 0.306 e. The summed E-state index contributed by atoms with van der Waals surface area (Å²) in [5, 5.41) is 18.6. The molecule has 0 amide bonds. The van der Waals surface area contributed by atoms with Gasteiger partial charge in [0.2, 0.25) is 0 Å². The van der Waals surface area contributed by atoms with Crippen LogP contribution in [-0.2, 0) is 11.2 Å². The molecule has 0 spiro atoms. The molecule has 0 heterocycles. The number of hydrogen-bond donors (Lipinski definition) is 2. The molecule has 88 valence electrons. The van der Waals surface area contributed by atoms with Gasteiger partial charge in [-0.2, -0.15) is 0 Å². The van der Waals surface area contributed by atoms with Crippen LogP contribution in [0.1, 0.15) is 18.1 Å². The lowest BCUT2D eigenvalue weighted by Gasteiger charge is -2.12. The van der Waals surface area contributed by atoms with E-state index in [4.69, 9.17) is 9.84 Å². The van der Waals surface area contributed by atoms with E-state index >= 15 is 0 Å². The van der Waals surface area contributed by atoms with Crippen molar-refractivity contribution in [2.24, 2.45) is 5.92 Å². The van der Waals surface area contributed by atoms with Crippen LogP contribution in [0.15, 0.2) is 12.1 Å². The molecule has 1 unspecified atom stereocenters. The summed E-state index contributed by atoms with van der Waals surface area (Å²) in [7, 11) is 1.47. The molecular weight excluding hydrogens is 208 g/mol. The maximum absolute atomic E-state index is 10.7. The Kier molecular flexibility index (Phi) is 3.77. The molecule has 1 aromatic rings. The third kappa shape index (κ3) is 2.66. The van der Waals surface area contributed by atoms with Crippen molar-refractivity contribution in [3.05, 3.63) is 23.3 Å². The van der Waals surface area contributed by atoms with Gasteiger partial charge in [0.05, 0.1) is 13.0 Å². The first kappa shape index (κ1) is 12.4. The third-order valence-electron chi connectivity index (χ3n) is 2.47. The van der Waals surface area contributed by atoms with E-state index < -0.39 is 11.9 Å². The van der Waals surface area contributed by atoms with Crippen molar-refractivity contribution in [3.63, 3.8) is 0 Å². The first-order valence-electron chi connectivity index (χ1n) is 5.05. The molecule has 0 aromatic heterocycles. The van der Waals surface area contributed by atoms with Gasteiger partial charge in [0.1, 0.15) is 0 Å². The molecule has 0 aliphatic heterocycles. The van der Waals surface area contributed by atoms with Gasteiger partial charge in [-0.05, 0) is 30.5 Å². The molecule has 0 radical (unpaired) electrons. The standard InChI is InChI=1S/C12H16O4/c1-7-4-9(6-8(2)12(14)15)11(13)10(5-7)16-3/h4-5,8,13H,6H2,1-3H3,(H,14,15). The zero-order valence-corrected chi connectivity index (χ0v) is 9.65. The lowest BCUT2D eigenvalue weighted by Crippen LogP contribution is -2.12. The summed E-state index contributed by atoms with van der Waals surface area (Å²) in [6.45, 7) is 3.48. The smallest absolute Gasteiger partial charge is 0.306 e. The van der Waals surface area contributed by atoms with Crippen molar-refractivity contribution in [1.82, 2.24) is 0 Å². The van der Waals surface area contributed by atoms with Crippen LogP contribution in [0.2, 0.25) is 0 Å². The second-order valence-corrected chi connectivity index (χ2v) is 3.92. The van der Waals surface area contributed by atoms with Gasteiger partial charge >= 0.3 is 5.97 Å². The number of aliphatic carboxylic acids is 1. The molecular formula is C12H16O4. The molecule has 4 heteroatoms. The Bertz CT molecular complexity index is 398. The van der Waals surface area contributed by atoms with Gasteiger partial charge in [-0.15, -0.1) is 0 Å². The lowest BCUT2D eigenvalue weighted by atomic mass is 9.98. The number of carboxylic acids is 1. The second kappa shape index (κ2) is 4.88. The molecule has 1 atom stereocenters. The fourth-order valence-corrected chi connectivity index (χ4v) is 1.55. The van der Waals surface area contributed by atoms with Crippen molar-refractivity contribution >= 4 is 5.97 Å². The highest BCUT2D eigenvalue weighted by Crippen LogP contribution is 2.32. The number of carboxylic acid groups (broad SMARTS) is 1. The molecule has 0 saturated carbocycles. The Balaban J connectivity index is 3.04. The van der Waals surface area contributed by atoms with Crippen LogP contribution in [0.5, 0.6) is 11.5 Å². The number of aryl methyl sites for hydroxylation is 1. The van der Waals surface area contributed by atoms with Gasteiger partial charge in [-0.1, -0.05) is 13.0 Å². The van der Waals surface area contributed by atoms with E-state index in [0.717, 1.165) is 5.56 Å². The van der Waals surface area contributed by atoms with E-state index in [1.54, 1.807) is 19.1 Å². The molecule has 0 saturated heterocycles. The number of aromatic hydroxyl groups is 1. The molecule has 16 heavy (non-hydrogen) atoms. The summed E-state index contributed by atoms with van der Waals surface area (Å²) in [5.41, 5.74) is 1.54. The predicted octanol–water partition coefficient (Wildman–Crippen LogP) is 1.97. The van der Waals surface area contributed by atoms with Gasteiger partial charge < -0.3 is 14.9 Å². The fourth-order valence-electron chi connectivity index (χ4n) is 1.55. The van der Waals surface area contributed by atoms with Crippen molar-refractivity contribution in [2.45, 2.75) is 20.3 Å². The molecule has 0 fully saturated rings. The normalized spacial score (nSPS) is 12.2. The van der Waals surface area contributed by atoms with Crippen LogP contribution >= 0.6 is 0 Å². The van der Waals surface area contributed by atoms with Gasteiger partial charge in [0.25, 0.3) is 0 Å². The molecule has 4 nitrogen and oxygen atoms in total. The number of hydrogen-bond acceptors (Lipinski definition) is 3. The number of methoxy groups -OCH3 is 1. The average molecular weight is 224 g/mol. The first-order chi connectivity index (χ1) is 7.45. The molecule has 0 bridgehead atoms. The number of phenolic OH excluding ortho intramolecular Hbond substituents is 1. The zero-order chi connectivity index (χ0) is 12.3. The third-order valence-corrected chi connectivity index (χ3v) is 2.47. The molecule has 1 aromatic carbocycles. The van der Waals surface area contributed by atoms with Gasteiger partial charge in [-0.25, -0.2) is 0 Å². The van der Waals surface area contributed by atoms with Crippen LogP contribution in [0.25, 0.3) is 0 Å². The number of ether oxygens (including phenoxy) is 1. The van der Waals surface area contributed by atoms with E-state index in [2.05, 4.69) is 0 Å². The highest BCUT2D eigenvalue weighted by Gasteiger charge is 2.16. The van der Waals surface area contributed by atoms with Crippen molar-refractivity contribution < 1.29 is 19.7 Å². The van der Waals surface area contributed by atoms with E-state index in [0.29, 0.717) is 17.7 Å². The van der Waals surface area contributed by atoms with Crippen molar-refractivity contribution in [1.29, 1.82) is 0 Å². The first-order valence-corrected chi connectivity index (χ1v) is 5.05. The lowest BCUT2D eigenvalue weighted by molar-refractivity contribution is -0.141. The van der Waals surface area contributed by atoms with E-state index in [-0.39, 0.29) is 5.75 Å². The number of rotatable bonds is 4. The summed E-state index contributed by atoms with van der Waals surface area (Å²) >= 11 is 0. The monoisotopic (exact) mass is 224 g/mol. The Morgan fingerprint density at radius 1 is 1.50 bits per heavy atom. The number of benzene rings is 1. The SMILES string of the molecule is COc1cc(C)cc(CC(C)C(=O)O)c1O. The van der Waals surface area contributed by atoms with Crippen molar-refractivity contribution in [2.75, 3.05) is 7.11 Å². The van der Waals surface area contributed by atoms with E-state index in [1.807, 2.05) is 6.92 Å².